The van der Waals surface area contributed by atoms with Crippen LogP contribution in [0.1, 0.15) is 22.1 Å². The highest BCUT2D eigenvalue weighted by Crippen LogP contribution is 2.26. The van der Waals surface area contributed by atoms with Crippen LogP contribution in [-0.4, -0.2) is 36.4 Å². The molecule has 0 aliphatic carbocycles. The van der Waals surface area contributed by atoms with Crippen LogP contribution in [0.15, 0.2) is 11.4 Å². The number of amides is 1. The van der Waals surface area contributed by atoms with Crippen LogP contribution < -0.4 is 5.32 Å². The number of aromatic nitrogens is 5. The summed E-state index contributed by atoms with van der Waals surface area (Å²) in [6.07, 6.45) is -2.99. The first-order valence-electron chi connectivity index (χ1n) is 5.90. The molecule has 21 heavy (non-hydrogen) atoms. The Morgan fingerprint density at radius 2 is 2.29 bits per heavy atom. The number of aryl methyl sites for hydroxylation is 1. The zero-order chi connectivity index (χ0) is 15.0. The SMILES string of the molecule is O=C(NCc1nc(C(F)(F)F)n[nH]1)c1cn2c(n1)SCC2. The van der Waals surface area contributed by atoms with Crippen LogP contribution in [0.5, 0.6) is 0 Å². The average molecular weight is 318 g/mol. The second-order valence-corrected chi connectivity index (χ2v) is 5.30. The number of fused-ring (bicyclic) bond motifs is 1. The second-order valence-electron chi connectivity index (χ2n) is 4.24. The number of carbonyl (C=O) groups is 1. The number of H-pyrrole nitrogens is 1. The van der Waals surface area contributed by atoms with Gasteiger partial charge in [0.25, 0.3) is 11.7 Å². The summed E-state index contributed by atoms with van der Waals surface area (Å²) in [5.74, 6) is -0.883. The van der Waals surface area contributed by atoms with Crippen LogP contribution in [0.2, 0.25) is 0 Å². The van der Waals surface area contributed by atoms with Crippen molar-refractivity contribution in [1.29, 1.82) is 0 Å². The first kappa shape index (κ1) is 13.9. The quantitative estimate of drug-likeness (QED) is 0.883. The van der Waals surface area contributed by atoms with E-state index in [1.54, 1.807) is 18.0 Å². The van der Waals surface area contributed by atoms with Crippen molar-refractivity contribution in [3.8, 4) is 0 Å². The van der Waals surface area contributed by atoms with Gasteiger partial charge in [0, 0.05) is 18.5 Å². The summed E-state index contributed by atoms with van der Waals surface area (Å²) in [7, 11) is 0. The third kappa shape index (κ3) is 2.86. The molecule has 7 nitrogen and oxygen atoms in total. The van der Waals surface area contributed by atoms with E-state index in [0.717, 1.165) is 17.5 Å². The Labute approximate surface area is 120 Å². The molecule has 0 radical (unpaired) electrons. The highest BCUT2D eigenvalue weighted by atomic mass is 32.2. The molecule has 11 heteroatoms. The van der Waals surface area contributed by atoms with Crippen LogP contribution >= 0.6 is 11.8 Å². The van der Waals surface area contributed by atoms with E-state index in [1.807, 2.05) is 4.57 Å². The van der Waals surface area contributed by atoms with E-state index in [9.17, 15) is 18.0 Å². The number of alkyl halides is 3. The van der Waals surface area contributed by atoms with Gasteiger partial charge in [0.05, 0.1) is 6.54 Å². The molecular weight excluding hydrogens is 309 g/mol. The number of nitrogens with zero attached hydrogens (tertiary/aromatic N) is 4. The first-order chi connectivity index (χ1) is 9.93. The lowest BCUT2D eigenvalue weighted by molar-refractivity contribution is -0.144. The number of rotatable bonds is 3. The van der Waals surface area contributed by atoms with E-state index < -0.39 is 17.9 Å². The van der Waals surface area contributed by atoms with Gasteiger partial charge < -0.3 is 9.88 Å². The van der Waals surface area contributed by atoms with Gasteiger partial charge in [-0.15, -0.1) is 5.10 Å². The fourth-order valence-electron chi connectivity index (χ4n) is 1.77. The van der Waals surface area contributed by atoms with Gasteiger partial charge in [-0.1, -0.05) is 11.8 Å². The number of hydrogen-bond donors (Lipinski definition) is 2. The van der Waals surface area contributed by atoms with Crippen LogP contribution in [-0.2, 0) is 19.3 Å². The average Bonchev–Trinajstić information content (AvgIpc) is 3.09. The summed E-state index contributed by atoms with van der Waals surface area (Å²) >= 11 is 1.54. The van der Waals surface area contributed by atoms with Crippen LogP contribution in [0.3, 0.4) is 0 Å². The molecule has 1 aliphatic heterocycles. The third-order valence-corrected chi connectivity index (χ3v) is 3.71. The minimum Gasteiger partial charge on any atom is -0.343 e. The van der Waals surface area contributed by atoms with E-state index in [0.29, 0.717) is 0 Å². The molecule has 0 saturated carbocycles. The van der Waals surface area contributed by atoms with Crippen molar-refractivity contribution in [1.82, 2.24) is 30.0 Å². The van der Waals surface area contributed by atoms with Gasteiger partial charge in [0.1, 0.15) is 11.5 Å². The molecule has 0 bridgehead atoms. The monoisotopic (exact) mass is 318 g/mol. The lowest BCUT2D eigenvalue weighted by Gasteiger charge is -2.00. The predicted octanol–water partition coefficient (Wildman–Crippen LogP) is 1.06. The van der Waals surface area contributed by atoms with Crippen molar-refractivity contribution < 1.29 is 18.0 Å². The molecule has 112 valence electrons. The van der Waals surface area contributed by atoms with Crippen LogP contribution in [0.4, 0.5) is 13.2 Å². The minimum absolute atomic E-state index is 0.0724. The number of hydrogen-bond acceptors (Lipinski definition) is 5. The fourth-order valence-corrected chi connectivity index (χ4v) is 2.72. The molecule has 0 saturated heterocycles. The Morgan fingerprint density at radius 1 is 1.48 bits per heavy atom. The molecule has 2 aromatic heterocycles. The summed E-state index contributed by atoms with van der Waals surface area (Å²) in [5.41, 5.74) is 0.229. The van der Waals surface area contributed by atoms with Crippen molar-refractivity contribution >= 4 is 17.7 Å². The van der Waals surface area contributed by atoms with Gasteiger partial charge in [-0.05, 0) is 0 Å². The molecule has 2 N–H and O–H groups in total. The number of thioether (sulfide) groups is 1. The smallest absolute Gasteiger partial charge is 0.343 e. The lowest BCUT2D eigenvalue weighted by atomic mass is 10.4. The highest BCUT2D eigenvalue weighted by Gasteiger charge is 2.36. The molecule has 0 spiro atoms. The van der Waals surface area contributed by atoms with Crippen molar-refractivity contribution in [3.05, 3.63) is 23.5 Å². The Balaban J connectivity index is 1.62. The van der Waals surface area contributed by atoms with Gasteiger partial charge in [0.15, 0.2) is 5.16 Å². The van der Waals surface area contributed by atoms with Crippen LogP contribution in [0, 0.1) is 0 Å². The summed E-state index contributed by atoms with van der Waals surface area (Å²) in [4.78, 5) is 19.2. The maximum Gasteiger partial charge on any atom is 0.453 e. The summed E-state index contributed by atoms with van der Waals surface area (Å²) in [5, 5.41) is 8.38. The molecular formula is C10H9F3N6OS. The number of carbonyl (C=O) groups excluding carboxylic acids is 1. The summed E-state index contributed by atoms with van der Waals surface area (Å²) < 4.78 is 38.8. The topological polar surface area (TPSA) is 88.5 Å². The number of aromatic amines is 1. The van der Waals surface area contributed by atoms with E-state index in [-0.39, 0.29) is 18.1 Å². The number of nitrogens with one attached hydrogen (secondary N) is 2. The molecule has 0 atom stereocenters. The first-order valence-corrected chi connectivity index (χ1v) is 6.88. The Kier molecular flexibility index (Phi) is 3.35. The van der Waals surface area contributed by atoms with Crippen molar-refractivity contribution in [2.24, 2.45) is 0 Å². The molecule has 3 heterocycles. The molecule has 0 unspecified atom stereocenters. The van der Waals surface area contributed by atoms with Gasteiger partial charge in [0.2, 0.25) is 0 Å². The normalized spacial score (nSPS) is 14.2. The van der Waals surface area contributed by atoms with Gasteiger partial charge in [-0.25, -0.2) is 9.97 Å². The summed E-state index contributed by atoms with van der Waals surface area (Å²) in [6.45, 7) is 0.606. The Hall–Kier alpha value is -2.04. The van der Waals surface area contributed by atoms with Gasteiger partial charge in [-0.2, -0.15) is 13.2 Å². The molecule has 2 aromatic rings. The number of imidazole rings is 1. The Bertz CT molecular complexity index is 657. The lowest BCUT2D eigenvalue weighted by Crippen LogP contribution is -2.24. The predicted molar refractivity (Wildman–Crippen MR) is 65.5 cm³/mol. The fraction of sp³-hybridized carbons (Fsp3) is 0.400. The van der Waals surface area contributed by atoms with E-state index in [1.165, 1.54) is 0 Å². The Morgan fingerprint density at radius 3 is 2.95 bits per heavy atom. The number of halogens is 3. The largest absolute Gasteiger partial charge is 0.453 e. The maximum absolute atomic E-state index is 12.3. The van der Waals surface area contributed by atoms with Gasteiger partial charge in [-0.3, -0.25) is 9.89 Å². The highest BCUT2D eigenvalue weighted by molar-refractivity contribution is 7.99. The zero-order valence-electron chi connectivity index (χ0n) is 10.4. The van der Waals surface area contributed by atoms with Crippen LogP contribution in [0.25, 0.3) is 0 Å². The zero-order valence-corrected chi connectivity index (χ0v) is 11.3. The van der Waals surface area contributed by atoms with E-state index in [4.69, 9.17) is 0 Å². The molecule has 3 rings (SSSR count). The molecule has 0 aromatic carbocycles. The van der Waals surface area contributed by atoms with E-state index in [2.05, 4.69) is 25.5 Å². The standard InChI is InChI=1S/C10H9F3N6OS/c11-10(12,13)8-16-6(17-18-8)3-14-7(20)5-4-19-1-2-21-9(19)15-5/h4H,1-3H2,(H,14,20)(H,16,17,18). The van der Waals surface area contributed by atoms with Gasteiger partial charge >= 0.3 is 6.18 Å². The van der Waals surface area contributed by atoms with Crippen molar-refractivity contribution in [3.63, 3.8) is 0 Å². The minimum atomic E-state index is -4.61. The van der Waals surface area contributed by atoms with Crippen molar-refractivity contribution in [2.45, 2.75) is 24.4 Å². The second kappa shape index (κ2) is 5.06. The van der Waals surface area contributed by atoms with E-state index >= 15 is 0 Å². The summed E-state index contributed by atoms with van der Waals surface area (Å²) in [6, 6.07) is 0. The third-order valence-electron chi connectivity index (χ3n) is 2.74. The van der Waals surface area contributed by atoms with Crippen molar-refractivity contribution in [2.75, 3.05) is 5.75 Å². The molecule has 1 aliphatic rings. The molecule has 1 amide bonds. The molecule has 0 fully saturated rings. The maximum atomic E-state index is 12.3.